The van der Waals surface area contributed by atoms with E-state index in [9.17, 15) is 13.2 Å². The molecule has 1 heterocycles. The Morgan fingerprint density at radius 2 is 1.85 bits per heavy atom. The van der Waals surface area contributed by atoms with Gasteiger partial charge in [0.1, 0.15) is 0 Å². The lowest BCUT2D eigenvalue weighted by molar-refractivity contribution is -0.0258. The van der Waals surface area contributed by atoms with Crippen molar-refractivity contribution in [1.82, 2.24) is 9.37 Å². The molecule has 1 aliphatic rings. The first kappa shape index (κ1) is 19.3. The van der Waals surface area contributed by atoms with E-state index >= 15 is 0 Å². The first-order valence-electron chi connectivity index (χ1n) is 8.60. The number of amides is 1. The molecule has 142 valence electrons. The van der Waals surface area contributed by atoms with Crippen molar-refractivity contribution >= 4 is 21.5 Å². The van der Waals surface area contributed by atoms with E-state index in [0.29, 0.717) is 18.7 Å². The maximum Gasteiger partial charge on any atom is 0.264 e. The van der Waals surface area contributed by atoms with Crippen molar-refractivity contribution in [2.45, 2.75) is 11.3 Å². The summed E-state index contributed by atoms with van der Waals surface area (Å²) in [5, 5.41) is 0. The first-order valence-corrected chi connectivity index (χ1v) is 10.0. The second-order valence-electron chi connectivity index (χ2n) is 6.22. The quantitative estimate of drug-likeness (QED) is 0.741. The van der Waals surface area contributed by atoms with E-state index in [1.54, 1.807) is 17.0 Å². The summed E-state index contributed by atoms with van der Waals surface area (Å²) in [5.41, 5.74) is 2.73. The lowest BCUT2D eigenvalue weighted by atomic mass is 9.99. The molecule has 27 heavy (non-hydrogen) atoms. The minimum absolute atomic E-state index is 0.0234. The molecule has 0 atom stereocenters. The van der Waals surface area contributed by atoms with Gasteiger partial charge in [-0.2, -0.15) is 0 Å². The maximum atomic E-state index is 12.8. The number of rotatable bonds is 5. The Balaban J connectivity index is 1.78. The van der Waals surface area contributed by atoms with Gasteiger partial charge in [-0.3, -0.25) is 9.63 Å². The van der Waals surface area contributed by atoms with Crippen LogP contribution >= 0.6 is 0 Å². The van der Waals surface area contributed by atoms with Crippen LogP contribution in [0.5, 0.6) is 0 Å². The van der Waals surface area contributed by atoms with Crippen LogP contribution in [0.1, 0.15) is 22.3 Å². The van der Waals surface area contributed by atoms with Crippen molar-refractivity contribution in [1.29, 1.82) is 0 Å². The molecule has 3 rings (SSSR count). The molecule has 0 bridgehead atoms. The smallest absolute Gasteiger partial charge is 0.264 e. The molecule has 0 saturated heterocycles. The average molecular weight is 386 g/mol. The monoisotopic (exact) mass is 386 g/mol. The number of hydrogen-bond donors (Lipinski definition) is 0. The highest BCUT2D eigenvalue weighted by molar-refractivity contribution is 7.89. The van der Waals surface area contributed by atoms with E-state index in [-0.39, 0.29) is 10.8 Å². The van der Waals surface area contributed by atoms with Crippen molar-refractivity contribution in [2.75, 3.05) is 27.2 Å². The van der Waals surface area contributed by atoms with Crippen LogP contribution in [0.3, 0.4) is 0 Å². The molecule has 6 nitrogen and oxygen atoms in total. The predicted molar refractivity (Wildman–Crippen MR) is 103 cm³/mol. The van der Waals surface area contributed by atoms with Crippen LogP contribution < -0.4 is 0 Å². The average Bonchev–Trinajstić information content (AvgIpc) is 2.73. The fraction of sp³-hybridized carbons (Fsp3) is 0.250. The van der Waals surface area contributed by atoms with Crippen molar-refractivity contribution in [3.8, 4) is 0 Å². The third-order valence-electron chi connectivity index (χ3n) is 4.62. The van der Waals surface area contributed by atoms with Gasteiger partial charge in [0.05, 0.1) is 12.0 Å². The van der Waals surface area contributed by atoms with Gasteiger partial charge in [0.2, 0.25) is 0 Å². The van der Waals surface area contributed by atoms with Crippen molar-refractivity contribution in [3.63, 3.8) is 0 Å². The van der Waals surface area contributed by atoms with Gasteiger partial charge in [0, 0.05) is 25.7 Å². The molecule has 1 aliphatic heterocycles. The molecular weight excluding hydrogens is 364 g/mol. The Bertz CT molecular complexity index is 955. The second kappa shape index (κ2) is 8.04. The normalized spacial score (nSPS) is 14.9. The molecule has 0 radical (unpaired) electrons. The summed E-state index contributed by atoms with van der Waals surface area (Å²) in [6.45, 7) is 1.09. The zero-order valence-electron chi connectivity index (χ0n) is 15.3. The topological polar surface area (TPSA) is 66.9 Å². The zero-order chi connectivity index (χ0) is 19.4. The molecule has 2 aromatic rings. The molecule has 7 heteroatoms. The number of nitrogens with zero attached hydrogens (tertiary/aromatic N) is 2. The van der Waals surface area contributed by atoms with Gasteiger partial charge in [-0.1, -0.05) is 46.9 Å². The molecule has 0 fully saturated rings. The van der Waals surface area contributed by atoms with Crippen LogP contribution in [0.4, 0.5) is 0 Å². The van der Waals surface area contributed by atoms with E-state index in [4.69, 9.17) is 4.84 Å². The third-order valence-corrected chi connectivity index (χ3v) is 6.29. The molecule has 0 unspecified atom stereocenters. The number of sulfonamides is 1. The molecule has 0 N–H and O–H groups in total. The van der Waals surface area contributed by atoms with Crippen LogP contribution in [-0.4, -0.2) is 50.9 Å². The Hall–Kier alpha value is -2.48. The Kier molecular flexibility index (Phi) is 5.74. The summed E-state index contributed by atoms with van der Waals surface area (Å²) in [6.07, 6.45) is 2.82. The number of hydroxylamine groups is 1. The minimum Gasteiger partial charge on any atom is -0.335 e. The molecule has 0 aromatic heterocycles. The van der Waals surface area contributed by atoms with Crippen LogP contribution in [0.25, 0.3) is 5.57 Å². The predicted octanol–water partition coefficient (Wildman–Crippen LogP) is 2.80. The lowest BCUT2D eigenvalue weighted by Crippen LogP contribution is -2.35. The highest BCUT2D eigenvalue weighted by atomic mass is 32.2. The molecular formula is C20H22N2O4S. The van der Waals surface area contributed by atoms with E-state index in [0.717, 1.165) is 10.9 Å². The highest BCUT2D eigenvalue weighted by Gasteiger charge is 2.24. The maximum absolute atomic E-state index is 12.8. The first-order chi connectivity index (χ1) is 12.9. The van der Waals surface area contributed by atoms with E-state index in [1.165, 1.54) is 37.4 Å². The molecule has 0 saturated carbocycles. The highest BCUT2D eigenvalue weighted by Crippen LogP contribution is 2.24. The van der Waals surface area contributed by atoms with Gasteiger partial charge in [0.15, 0.2) is 0 Å². The molecule has 0 aliphatic carbocycles. The number of carbonyl (C=O) groups is 1. The largest absolute Gasteiger partial charge is 0.335 e. The van der Waals surface area contributed by atoms with Gasteiger partial charge >= 0.3 is 0 Å². The van der Waals surface area contributed by atoms with Crippen LogP contribution in [-0.2, 0) is 14.9 Å². The lowest BCUT2D eigenvalue weighted by Gasteiger charge is -2.27. The van der Waals surface area contributed by atoms with Crippen molar-refractivity contribution in [2.24, 2.45) is 0 Å². The van der Waals surface area contributed by atoms with Gasteiger partial charge in [-0.25, -0.2) is 8.42 Å². The second-order valence-corrected chi connectivity index (χ2v) is 8.16. The third kappa shape index (κ3) is 4.10. The number of benzene rings is 2. The van der Waals surface area contributed by atoms with Crippen molar-refractivity contribution in [3.05, 3.63) is 71.8 Å². The van der Waals surface area contributed by atoms with Gasteiger partial charge in [0.25, 0.3) is 15.9 Å². The van der Waals surface area contributed by atoms with Gasteiger partial charge in [-0.15, -0.1) is 0 Å². The summed E-state index contributed by atoms with van der Waals surface area (Å²) in [6, 6.07) is 16.1. The number of carbonyl (C=O) groups excluding carboxylic acids is 1. The fourth-order valence-corrected chi connectivity index (χ4v) is 4.01. The number of hydrogen-bond acceptors (Lipinski definition) is 4. The molecule has 2 aromatic carbocycles. The Morgan fingerprint density at radius 1 is 1.11 bits per heavy atom. The summed E-state index contributed by atoms with van der Waals surface area (Å²) in [5.74, 6) is -0.185. The molecule has 1 amide bonds. The SMILES string of the molecule is CON(C)S(=O)(=O)c1cccc(C(=O)N2CC=C(c3ccccc3)CC2)c1. The van der Waals surface area contributed by atoms with Crippen LogP contribution in [0, 0.1) is 0 Å². The minimum atomic E-state index is -3.79. The Labute approximate surface area is 159 Å². The van der Waals surface area contributed by atoms with Gasteiger partial charge < -0.3 is 4.90 Å². The zero-order valence-corrected chi connectivity index (χ0v) is 16.1. The van der Waals surface area contributed by atoms with Gasteiger partial charge in [-0.05, 0) is 35.8 Å². The summed E-state index contributed by atoms with van der Waals surface area (Å²) in [4.78, 5) is 19.3. The van der Waals surface area contributed by atoms with E-state index < -0.39 is 10.0 Å². The Morgan fingerprint density at radius 3 is 2.48 bits per heavy atom. The van der Waals surface area contributed by atoms with Crippen molar-refractivity contribution < 1.29 is 18.0 Å². The summed E-state index contributed by atoms with van der Waals surface area (Å²) >= 11 is 0. The molecule has 0 spiro atoms. The summed E-state index contributed by atoms with van der Waals surface area (Å²) < 4.78 is 25.5. The van der Waals surface area contributed by atoms with E-state index in [2.05, 4.69) is 18.2 Å². The van der Waals surface area contributed by atoms with Crippen LogP contribution in [0.15, 0.2) is 65.6 Å². The fourth-order valence-electron chi connectivity index (χ4n) is 2.99. The van der Waals surface area contributed by atoms with Crippen LogP contribution in [0.2, 0.25) is 0 Å². The summed E-state index contributed by atoms with van der Waals surface area (Å²) in [7, 11) is -1.21. The van der Waals surface area contributed by atoms with E-state index in [1.807, 2.05) is 18.2 Å². The standard InChI is InChI=1S/C20H22N2O4S/c1-21(26-2)27(24,25)19-10-6-9-18(15-19)20(23)22-13-11-17(12-14-22)16-7-4-3-5-8-16/h3-11,15H,12-14H2,1-2H3.